The lowest BCUT2D eigenvalue weighted by atomic mass is 10.3. The third-order valence-corrected chi connectivity index (χ3v) is 2.82. The maximum absolute atomic E-state index is 9.35. The van der Waals surface area contributed by atoms with Gasteiger partial charge in [0, 0.05) is 35.8 Å². The van der Waals surface area contributed by atoms with Gasteiger partial charge in [0.05, 0.1) is 5.69 Å². The highest BCUT2D eigenvalue weighted by molar-refractivity contribution is 5.82. The van der Waals surface area contributed by atoms with E-state index < -0.39 is 0 Å². The summed E-state index contributed by atoms with van der Waals surface area (Å²) in [4.78, 5) is 4.35. The lowest BCUT2D eigenvalue weighted by Crippen LogP contribution is -2.00. The van der Waals surface area contributed by atoms with E-state index in [0.29, 0.717) is 6.04 Å². The second-order valence-corrected chi connectivity index (χ2v) is 4.69. The zero-order valence-corrected chi connectivity index (χ0v) is 11.0. The minimum Gasteiger partial charge on any atom is -0.508 e. The molecule has 0 aliphatic heterocycles. The van der Waals surface area contributed by atoms with Gasteiger partial charge >= 0.3 is 0 Å². The van der Waals surface area contributed by atoms with Gasteiger partial charge in [-0.05, 0) is 39.0 Å². The molecule has 0 aliphatic carbocycles. The van der Waals surface area contributed by atoms with Crippen LogP contribution < -0.4 is 0 Å². The molecule has 0 radical (unpaired) electrons. The van der Waals surface area contributed by atoms with Crippen molar-refractivity contribution in [1.82, 2.24) is 4.57 Å². The SMILES string of the molecule is Cc1cc(C=Nc2cccc(O)c2)cn1C(C)C. The molecule has 0 saturated carbocycles. The summed E-state index contributed by atoms with van der Waals surface area (Å²) in [5.41, 5.74) is 3.05. The van der Waals surface area contributed by atoms with E-state index >= 15 is 0 Å². The molecule has 0 atom stereocenters. The maximum Gasteiger partial charge on any atom is 0.117 e. The zero-order chi connectivity index (χ0) is 13.1. The summed E-state index contributed by atoms with van der Waals surface area (Å²) in [5.74, 6) is 0.237. The van der Waals surface area contributed by atoms with E-state index in [1.807, 2.05) is 12.3 Å². The zero-order valence-electron chi connectivity index (χ0n) is 11.0. The van der Waals surface area contributed by atoms with Crippen LogP contribution in [0, 0.1) is 6.92 Å². The molecule has 0 unspecified atom stereocenters. The predicted octanol–water partition coefficient (Wildman–Crippen LogP) is 3.83. The molecule has 1 heterocycles. The fourth-order valence-corrected chi connectivity index (χ4v) is 1.96. The molecule has 1 aromatic heterocycles. The van der Waals surface area contributed by atoms with Crippen molar-refractivity contribution in [2.45, 2.75) is 26.8 Å². The standard InChI is InChI=1S/C15H18N2O/c1-11(2)17-10-13(7-12(17)3)9-16-14-5-4-6-15(18)8-14/h4-11,18H,1-3H3. The molecule has 0 bridgehead atoms. The first-order chi connectivity index (χ1) is 8.56. The lowest BCUT2D eigenvalue weighted by molar-refractivity contribution is 0.475. The largest absolute Gasteiger partial charge is 0.508 e. The van der Waals surface area contributed by atoms with Crippen LogP contribution in [0.25, 0.3) is 0 Å². The van der Waals surface area contributed by atoms with Gasteiger partial charge in [-0.15, -0.1) is 0 Å². The van der Waals surface area contributed by atoms with Crippen LogP contribution >= 0.6 is 0 Å². The summed E-state index contributed by atoms with van der Waals surface area (Å²) >= 11 is 0. The number of nitrogens with zero attached hydrogens (tertiary/aromatic N) is 2. The number of hydrogen-bond donors (Lipinski definition) is 1. The Labute approximate surface area is 107 Å². The molecular formula is C15H18N2O. The van der Waals surface area contributed by atoms with E-state index in [1.165, 1.54) is 5.69 Å². The molecule has 1 aromatic carbocycles. The van der Waals surface area contributed by atoms with E-state index in [2.05, 4.69) is 42.6 Å². The van der Waals surface area contributed by atoms with Gasteiger partial charge in [-0.1, -0.05) is 6.07 Å². The average molecular weight is 242 g/mol. The molecule has 0 amide bonds. The molecule has 1 N–H and O–H groups in total. The summed E-state index contributed by atoms with van der Waals surface area (Å²) in [7, 11) is 0. The Hall–Kier alpha value is -2.03. The number of aliphatic imine (C=N–C) groups is 1. The van der Waals surface area contributed by atoms with E-state index in [1.54, 1.807) is 18.2 Å². The van der Waals surface area contributed by atoms with Crippen LogP contribution in [-0.4, -0.2) is 15.9 Å². The molecule has 0 saturated heterocycles. The van der Waals surface area contributed by atoms with Gasteiger partial charge in [0.25, 0.3) is 0 Å². The lowest BCUT2D eigenvalue weighted by Gasteiger charge is -2.08. The Morgan fingerprint density at radius 3 is 2.67 bits per heavy atom. The monoisotopic (exact) mass is 242 g/mol. The highest BCUT2D eigenvalue weighted by atomic mass is 16.3. The van der Waals surface area contributed by atoms with Gasteiger partial charge in [0.1, 0.15) is 5.75 Å². The van der Waals surface area contributed by atoms with Crippen LogP contribution in [-0.2, 0) is 0 Å². The molecule has 0 aliphatic rings. The number of phenolic OH excluding ortho intramolecular Hbond substituents is 1. The van der Waals surface area contributed by atoms with Crippen molar-refractivity contribution in [1.29, 1.82) is 0 Å². The Balaban J connectivity index is 2.21. The second-order valence-electron chi connectivity index (χ2n) is 4.69. The van der Waals surface area contributed by atoms with E-state index in [9.17, 15) is 5.11 Å². The van der Waals surface area contributed by atoms with Gasteiger partial charge in [0.15, 0.2) is 0 Å². The molecule has 3 nitrogen and oxygen atoms in total. The fourth-order valence-electron chi connectivity index (χ4n) is 1.96. The number of aryl methyl sites for hydroxylation is 1. The summed E-state index contributed by atoms with van der Waals surface area (Å²) in [6.45, 7) is 6.40. The minimum absolute atomic E-state index is 0.237. The minimum atomic E-state index is 0.237. The highest BCUT2D eigenvalue weighted by Gasteiger charge is 2.03. The van der Waals surface area contributed by atoms with Crippen LogP contribution in [0.15, 0.2) is 41.5 Å². The van der Waals surface area contributed by atoms with Crippen LogP contribution in [0.4, 0.5) is 5.69 Å². The molecule has 3 heteroatoms. The average Bonchev–Trinajstić information content (AvgIpc) is 2.68. The van der Waals surface area contributed by atoms with Gasteiger partial charge in [-0.2, -0.15) is 0 Å². The molecule has 2 aromatic rings. The fraction of sp³-hybridized carbons (Fsp3) is 0.267. The van der Waals surface area contributed by atoms with Crippen molar-refractivity contribution in [2.24, 2.45) is 4.99 Å². The first-order valence-electron chi connectivity index (χ1n) is 6.08. The van der Waals surface area contributed by atoms with Crippen molar-refractivity contribution < 1.29 is 5.11 Å². The third kappa shape index (κ3) is 2.80. The Morgan fingerprint density at radius 2 is 2.06 bits per heavy atom. The maximum atomic E-state index is 9.35. The highest BCUT2D eigenvalue weighted by Crippen LogP contribution is 2.19. The smallest absolute Gasteiger partial charge is 0.117 e. The number of hydrogen-bond acceptors (Lipinski definition) is 2. The quantitative estimate of drug-likeness (QED) is 0.816. The Kier molecular flexibility index (Phi) is 3.51. The first kappa shape index (κ1) is 12.4. The van der Waals surface area contributed by atoms with Gasteiger partial charge in [0.2, 0.25) is 0 Å². The van der Waals surface area contributed by atoms with Crippen molar-refractivity contribution >= 4 is 11.9 Å². The molecule has 2 rings (SSSR count). The Bertz CT molecular complexity index is 568. The number of aromatic hydroxyl groups is 1. The van der Waals surface area contributed by atoms with E-state index in [-0.39, 0.29) is 5.75 Å². The summed E-state index contributed by atoms with van der Waals surface area (Å²) in [6, 6.07) is 9.48. The molecule has 0 fully saturated rings. The number of benzene rings is 1. The predicted molar refractivity (Wildman–Crippen MR) is 74.9 cm³/mol. The number of phenols is 1. The normalized spacial score (nSPS) is 11.6. The summed E-state index contributed by atoms with van der Waals surface area (Å²) in [5, 5.41) is 9.35. The topological polar surface area (TPSA) is 37.5 Å². The summed E-state index contributed by atoms with van der Waals surface area (Å²) < 4.78 is 2.21. The number of aromatic nitrogens is 1. The van der Waals surface area contributed by atoms with Gasteiger partial charge in [-0.3, -0.25) is 4.99 Å². The Morgan fingerprint density at radius 1 is 1.28 bits per heavy atom. The third-order valence-electron chi connectivity index (χ3n) is 2.82. The van der Waals surface area contributed by atoms with Gasteiger partial charge < -0.3 is 9.67 Å². The molecular weight excluding hydrogens is 224 g/mol. The van der Waals surface area contributed by atoms with Crippen molar-refractivity contribution in [2.75, 3.05) is 0 Å². The van der Waals surface area contributed by atoms with Crippen molar-refractivity contribution in [3.63, 3.8) is 0 Å². The van der Waals surface area contributed by atoms with E-state index in [0.717, 1.165) is 11.3 Å². The van der Waals surface area contributed by atoms with Crippen molar-refractivity contribution in [3.05, 3.63) is 47.8 Å². The molecule has 0 spiro atoms. The first-order valence-corrected chi connectivity index (χ1v) is 6.08. The summed E-state index contributed by atoms with van der Waals surface area (Å²) in [6.07, 6.45) is 3.91. The van der Waals surface area contributed by atoms with Crippen molar-refractivity contribution in [3.8, 4) is 5.75 Å². The van der Waals surface area contributed by atoms with Crippen LogP contribution in [0.5, 0.6) is 5.75 Å². The number of rotatable bonds is 3. The second kappa shape index (κ2) is 5.08. The van der Waals surface area contributed by atoms with Crippen LogP contribution in [0.2, 0.25) is 0 Å². The molecule has 94 valence electrons. The van der Waals surface area contributed by atoms with Crippen LogP contribution in [0.1, 0.15) is 31.1 Å². The molecule has 18 heavy (non-hydrogen) atoms. The van der Waals surface area contributed by atoms with E-state index in [4.69, 9.17) is 0 Å². The van der Waals surface area contributed by atoms with Crippen LogP contribution in [0.3, 0.4) is 0 Å². The van der Waals surface area contributed by atoms with Gasteiger partial charge in [-0.25, -0.2) is 0 Å².